The summed E-state index contributed by atoms with van der Waals surface area (Å²) in [6, 6.07) is 16.0. The molecule has 2 nitrogen and oxygen atoms in total. The highest BCUT2D eigenvalue weighted by Gasteiger charge is 2.23. The van der Waals surface area contributed by atoms with Gasteiger partial charge in [0.05, 0.1) is 0 Å². The van der Waals surface area contributed by atoms with Gasteiger partial charge in [-0.2, -0.15) is 0 Å². The van der Waals surface area contributed by atoms with Gasteiger partial charge in [0.15, 0.2) is 0 Å². The molecule has 1 aliphatic rings. The number of rotatable bonds is 3. The van der Waals surface area contributed by atoms with Gasteiger partial charge in [0, 0.05) is 35.7 Å². The Kier molecular flexibility index (Phi) is 3.66. The van der Waals surface area contributed by atoms with Gasteiger partial charge in [-0.25, -0.2) is 4.39 Å². The first-order valence-corrected chi connectivity index (χ1v) is 8.33. The van der Waals surface area contributed by atoms with E-state index in [1.165, 1.54) is 22.2 Å². The summed E-state index contributed by atoms with van der Waals surface area (Å²) in [6.07, 6.45) is 2.24. The van der Waals surface area contributed by atoms with Crippen molar-refractivity contribution in [3.8, 4) is 0 Å². The van der Waals surface area contributed by atoms with Crippen LogP contribution in [-0.4, -0.2) is 10.6 Å². The number of nitrogens with one attached hydrogen (secondary N) is 1. The monoisotopic (exact) mass is 308 g/mol. The van der Waals surface area contributed by atoms with E-state index in [0.29, 0.717) is 6.04 Å². The van der Waals surface area contributed by atoms with Crippen LogP contribution < -0.4 is 5.32 Å². The molecule has 0 radical (unpaired) electrons. The standard InChI is InChI=1S/C20H21FN2/c1-2-16-11-18-17-5-3-4-6-19(17)23(20(18)12-22-16)13-14-7-9-15(21)10-8-14/h3-10,16,22H,2,11-13H2,1H3. The van der Waals surface area contributed by atoms with E-state index < -0.39 is 0 Å². The quantitative estimate of drug-likeness (QED) is 0.765. The summed E-state index contributed by atoms with van der Waals surface area (Å²) in [4.78, 5) is 0. The lowest BCUT2D eigenvalue weighted by Gasteiger charge is -2.24. The maximum absolute atomic E-state index is 13.2. The molecule has 118 valence electrons. The van der Waals surface area contributed by atoms with Crippen molar-refractivity contribution in [2.45, 2.75) is 38.9 Å². The van der Waals surface area contributed by atoms with Gasteiger partial charge in [-0.3, -0.25) is 0 Å². The molecule has 2 heterocycles. The van der Waals surface area contributed by atoms with Crippen molar-refractivity contribution in [3.63, 3.8) is 0 Å². The highest BCUT2D eigenvalue weighted by atomic mass is 19.1. The second-order valence-electron chi connectivity index (χ2n) is 6.35. The predicted molar refractivity (Wildman–Crippen MR) is 92.1 cm³/mol. The van der Waals surface area contributed by atoms with E-state index in [4.69, 9.17) is 0 Å². The van der Waals surface area contributed by atoms with Crippen LogP contribution in [0.15, 0.2) is 48.5 Å². The summed E-state index contributed by atoms with van der Waals surface area (Å²) in [5.41, 5.74) is 5.27. The number of halogens is 1. The Hall–Kier alpha value is -2.13. The lowest BCUT2D eigenvalue weighted by molar-refractivity contribution is 0.456. The first kappa shape index (κ1) is 14.5. The minimum Gasteiger partial charge on any atom is -0.339 e. The summed E-state index contributed by atoms with van der Waals surface area (Å²) in [5.74, 6) is -0.180. The number of nitrogens with zero attached hydrogens (tertiary/aromatic N) is 1. The van der Waals surface area contributed by atoms with E-state index in [2.05, 4.69) is 41.1 Å². The highest BCUT2D eigenvalue weighted by molar-refractivity contribution is 5.86. The lowest BCUT2D eigenvalue weighted by atomic mass is 9.97. The average molecular weight is 308 g/mol. The van der Waals surface area contributed by atoms with Crippen LogP contribution >= 0.6 is 0 Å². The zero-order chi connectivity index (χ0) is 15.8. The number of aromatic nitrogens is 1. The summed E-state index contributed by atoms with van der Waals surface area (Å²) >= 11 is 0. The van der Waals surface area contributed by atoms with Crippen molar-refractivity contribution in [2.75, 3.05) is 0 Å². The summed E-state index contributed by atoms with van der Waals surface area (Å²) in [7, 11) is 0. The first-order valence-electron chi connectivity index (χ1n) is 8.33. The fourth-order valence-corrected chi connectivity index (χ4v) is 3.66. The Labute approximate surface area is 135 Å². The molecule has 0 saturated heterocycles. The second-order valence-corrected chi connectivity index (χ2v) is 6.35. The van der Waals surface area contributed by atoms with E-state index in [9.17, 15) is 4.39 Å². The molecule has 1 unspecified atom stereocenters. The molecule has 1 atom stereocenters. The number of benzene rings is 2. The molecular formula is C20H21FN2. The number of hydrogen-bond acceptors (Lipinski definition) is 1. The van der Waals surface area contributed by atoms with Gasteiger partial charge in [-0.15, -0.1) is 0 Å². The van der Waals surface area contributed by atoms with E-state index >= 15 is 0 Å². The molecule has 0 amide bonds. The molecule has 0 bridgehead atoms. The van der Waals surface area contributed by atoms with Crippen LogP contribution in [0.25, 0.3) is 10.9 Å². The lowest BCUT2D eigenvalue weighted by Crippen LogP contribution is -2.35. The van der Waals surface area contributed by atoms with E-state index in [1.807, 2.05) is 12.1 Å². The normalized spacial score (nSPS) is 17.4. The fraction of sp³-hybridized carbons (Fsp3) is 0.300. The summed E-state index contributed by atoms with van der Waals surface area (Å²) in [5, 5.41) is 5.01. The van der Waals surface area contributed by atoms with Gasteiger partial charge < -0.3 is 9.88 Å². The molecule has 0 saturated carbocycles. The minimum atomic E-state index is -0.180. The molecule has 1 aliphatic heterocycles. The Morgan fingerprint density at radius 3 is 2.70 bits per heavy atom. The van der Waals surface area contributed by atoms with Crippen molar-refractivity contribution in [1.82, 2.24) is 9.88 Å². The largest absolute Gasteiger partial charge is 0.339 e. The molecule has 0 fully saturated rings. The van der Waals surface area contributed by atoms with Crippen molar-refractivity contribution in [3.05, 3.63) is 71.2 Å². The highest BCUT2D eigenvalue weighted by Crippen LogP contribution is 2.31. The topological polar surface area (TPSA) is 17.0 Å². The van der Waals surface area contributed by atoms with Crippen LogP contribution in [0.1, 0.15) is 30.2 Å². The molecule has 0 aliphatic carbocycles. The molecule has 4 rings (SSSR count). The van der Waals surface area contributed by atoms with E-state index in [1.54, 1.807) is 12.1 Å². The Morgan fingerprint density at radius 2 is 1.91 bits per heavy atom. The Balaban J connectivity index is 1.81. The van der Waals surface area contributed by atoms with Gasteiger partial charge in [0.2, 0.25) is 0 Å². The molecule has 23 heavy (non-hydrogen) atoms. The number of para-hydroxylation sites is 1. The molecule has 1 aromatic heterocycles. The first-order chi connectivity index (χ1) is 11.3. The maximum Gasteiger partial charge on any atom is 0.123 e. The van der Waals surface area contributed by atoms with Crippen LogP contribution in [0.2, 0.25) is 0 Å². The third-order valence-electron chi connectivity index (χ3n) is 4.95. The van der Waals surface area contributed by atoms with Gasteiger partial charge in [0.25, 0.3) is 0 Å². The van der Waals surface area contributed by atoms with Crippen LogP contribution in [0.5, 0.6) is 0 Å². The molecule has 3 heteroatoms. The summed E-state index contributed by atoms with van der Waals surface area (Å²) < 4.78 is 15.5. The maximum atomic E-state index is 13.2. The SMILES string of the molecule is CCC1Cc2c(n(Cc3ccc(F)cc3)c3ccccc23)CN1. The van der Waals surface area contributed by atoms with E-state index in [0.717, 1.165) is 31.5 Å². The third-order valence-corrected chi connectivity index (χ3v) is 4.95. The third kappa shape index (κ3) is 2.55. The molecule has 0 spiro atoms. The summed E-state index contributed by atoms with van der Waals surface area (Å²) in [6.45, 7) is 3.93. The Bertz CT molecular complexity index is 833. The van der Waals surface area contributed by atoms with Crippen molar-refractivity contribution >= 4 is 10.9 Å². The minimum absolute atomic E-state index is 0.180. The Morgan fingerprint density at radius 1 is 1.13 bits per heavy atom. The second kappa shape index (κ2) is 5.82. The zero-order valence-corrected chi connectivity index (χ0v) is 13.3. The fourth-order valence-electron chi connectivity index (χ4n) is 3.66. The predicted octanol–water partition coefficient (Wildman–Crippen LogP) is 4.25. The van der Waals surface area contributed by atoms with Gasteiger partial charge in [-0.1, -0.05) is 37.3 Å². The molecular weight excluding hydrogens is 287 g/mol. The molecule has 3 aromatic rings. The van der Waals surface area contributed by atoms with Crippen LogP contribution in [-0.2, 0) is 19.5 Å². The molecule has 2 aromatic carbocycles. The van der Waals surface area contributed by atoms with Crippen molar-refractivity contribution in [1.29, 1.82) is 0 Å². The smallest absolute Gasteiger partial charge is 0.123 e. The zero-order valence-electron chi connectivity index (χ0n) is 13.3. The number of hydrogen-bond donors (Lipinski definition) is 1. The van der Waals surface area contributed by atoms with Gasteiger partial charge >= 0.3 is 0 Å². The molecule has 1 N–H and O–H groups in total. The van der Waals surface area contributed by atoms with Crippen LogP contribution in [0.4, 0.5) is 4.39 Å². The number of fused-ring (bicyclic) bond motifs is 3. The van der Waals surface area contributed by atoms with Crippen LogP contribution in [0, 0.1) is 5.82 Å². The van der Waals surface area contributed by atoms with Crippen LogP contribution in [0.3, 0.4) is 0 Å². The van der Waals surface area contributed by atoms with Crippen molar-refractivity contribution in [2.24, 2.45) is 0 Å². The average Bonchev–Trinajstić information content (AvgIpc) is 2.90. The van der Waals surface area contributed by atoms with Gasteiger partial charge in [-0.05, 0) is 42.2 Å². The van der Waals surface area contributed by atoms with Gasteiger partial charge in [0.1, 0.15) is 5.82 Å². The van der Waals surface area contributed by atoms with E-state index in [-0.39, 0.29) is 5.82 Å². The van der Waals surface area contributed by atoms with Crippen molar-refractivity contribution < 1.29 is 4.39 Å².